The molecule has 0 fully saturated rings. The van der Waals surface area contributed by atoms with E-state index in [0.29, 0.717) is 0 Å². The Morgan fingerprint density at radius 2 is 1.20 bits per heavy atom. The van der Waals surface area contributed by atoms with Crippen molar-refractivity contribution in [2.24, 2.45) is 0 Å². The van der Waals surface area contributed by atoms with Crippen LogP contribution in [-0.2, 0) is 0 Å². The summed E-state index contributed by atoms with van der Waals surface area (Å²) in [5.74, 6) is 0. The molecule has 10 heavy (non-hydrogen) atoms. The summed E-state index contributed by atoms with van der Waals surface area (Å²) in [4.78, 5) is 0. The summed E-state index contributed by atoms with van der Waals surface area (Å²) in [5, 5.41) is 0. The van der Waals surface area contributed by atoms with E-state index in [9.17, 15) is 0 Å². The van der Waals surface area contributed by atoms with Crippen LogP contribution in [0.25, 0.3) is 0 Å². The molecule has 58 valence electrons. The number of hydrogen-bond acceptors (Lipinski definition) is 0. The monoisotopic (exact) mass is 170 g/mol. The predicted octanol–water partition coefficient (Wildman–Crippen LogP) is 2.93. The minimum absolute atomic E-state index is 1.01. The summed E-state index contributed by atoms with van der Waals surface area (Å²) < 4.78 is 0. The number of hydrogen-bond donors (Lipinski definition) is 0. The van der Waals surface area contributed by atoms with Crippen molar-refractivity contribution in [1.29, 1.82) is 0 Å². The molecule has 0 N–H and O–H groups in total. The van der Waals surface area contributed by atoms with Crippen LogP contribution < -0.4 is 0 Å². The molecule has 0 amide bonds. The molecule has 0 aliphatic carbocycles. The van der Waals surface area contributed by atoms with E-state index in [4.69, 9.17) is 0 Å². The highest BCUT2D eigenvalue weighted by molar-refractivity contribution is 7.44. The molecule has 0 unspecified atom stereocenters. The van der Waals surface area contributed by atoms with Gasteiger partial charge in [0.2, 0.25) is 0 Å². The average molecular weight is 170 g/mol. The Labute approximate surface area is 66.5 Å². The highest BCUT2D eigenvalue weighted by atomic mass is 29.3. The Morgan fingerprint density at radius 3 is 1.20 bits per heavy atom. The normalized spacial score (nSPS) is 12.8. The van der Waals surface area contributed by atoms with Crippen molar-refractivity contribution in [3.05, 3.63) is 24.6 Å². The van der Waals surface area contributed by atoms with Gasteiger partial charge in [0.1, 0.15) is 0 Å². The van der Waals surface area contributed by atoms with Crippen molar-refractivity contribution < 1.29 is 0 Å². The topological polar surface area (TPSA) is 0 Å². The molecule has 0 heterocycles. The van der Waals surface area contributed by atoms with Crippen LogP contribution in [0.15, 0.2) is 24.6 Å². The van der Waals surface area contributed by atoms with Gasteiger partial charge in [-0.2, -0.15) is 0 Å². The van der Waals surface area contributed by atoms with Crippen LogP contribution >= 0.6 is 0 Å². The van der Waals surface area contributed by atoms with Crippen molar-refractivity contribution in [2.45, 2.75) is 26.2 Å². The Hall–Kier alpha value is -0.0862. The van der Waals surface area contributed by atoms with Crippen molar-refractivity contribution in [3.8, 4) is 0 Å². The van der Waals surface area contributed by atoms with E-state index >= 15 is 0 Å². The molecule has 0 bridgehead atoms. The van der Waals surface area contributed by atoms with Gasteiger partial charge in [-0.1, -0.05) is 26.2 Å². The van der Waals surface area contributed by atoms with E-state index < -0.39 is 15.2 Å². The highest BCUT2D eigenvalue weighted by Gasteiger charge is 2.35. The molecule has 0 spiro atoms. The second kappa shape index (κ2) is 2.88. The maximum atomic E-state index is 3.90. The molecular formula is C8H18Si2. The maximum Gasteiger partial charge on any atom is 0.0888 e. The lowest BCUT2D eigenvalue weighted by atomic mass is 11.2. The fourth-order valence-electron chi connectivity index (χ4n) is 0.696. The van der Waals surface area contributed by atoms with Gasteiger partial charge < -0.3 is 0 Å². The van der Waals surface area contributed by atoms with Gasteiger partial charge in [-0.05, 0) is 0 Å². The molecule has 0 saturated heterocycles. The minimum atomic E-state index is -1.23. The first-order chi connectivity index (χ1) is 4.37. The van der Waals surface area contributed by atoms with E-state index in [0.717, 1.165) is 0 Å². The molecule has 0 aliphatic rings. The molecule has 0 aromatic rings. The van der Waals surface area contributed by atoms with Gasteiger partial charge in [0.25, 0.3) is 0 Å². The lowest BCUT2D eigenvalue weighted by molar-refractivity contribution is 1.78. The van der Waals surface area contributed by atoms with Gasteiger partial charge in [0.05, 0.1) is 7.59 Å². The van der Waals surface area contributed by atoms with Gasteiger partial charge in [0.15, 0.2) is 0 Å². The van der Waals surface area contributed by atoms with Crippen LogP contribution in [0.5, 0.6) is 0 Å². The van der Waals surface area contributed by atoms with E-state index in [1.807, 2.05) is 0 Å². The van der Waals surface area contributed by atoms with Crippen molar-refractivity contribution in [1.82, 2.24) is 0 Å². The average Bonchev–Trinajstić information content (AvgIpc) is 1.84. The van der Waals surface area contributed by atoms with Crippen LogP contribution in [-0.4, -0.2) is 15.2 Å². The van der Waals surface area contributed by atoms with Crippen LogP contribution in [0, 0.1) is 0 Å². The molecular weight excluding hydrogens is 152 g/mol. The van der Waals surface area contributed by atoms with Crippen LogP contribution in [0.2, 0.25) is 26.2 Å². The second-order valence-corrected chi connectivity index (χ2v) is 19.6. The van der Waals surface area contributed by atoms with E-state index in [1.165, 1.54) is 0 Å². The van der Waals surface area contributed by atoms with E-state index in [1.54, 1.807) is 0 Å². The van der Waals surface area contributed by atoms with Crippen LogP contribution in [0.4, 0.5) is 0 Å². The Morgan fingerprint density at radius 1 is 0.900 bits per heavy atom. The molecule has 0 aromatic carbocycles. The molecule has 0 saturated carbocycles. The lowest BCUT2D eigenvalue weighted by Gasteiger charge is -2.32. The molecule has 0 aromatic heterocycles. The van der Waals surface area contributed by atoms with Crippen molar-refractivity contribution in [2.75, 3.05) is 0 Å². The second-order valence-electron chi connectivity index (χ2n) is 3.94. The fourth-order valence-corrected chi connectivity index (χ4v) is 5.76. The van der Waals surface area contributed by atoms with Gasteiger partial charge in [-0.25, -0.2) is 0 Å². The van der Waals surface area contributed by atoms with Crippen molar-refractivity contribution >= 4 is 15.2 Å². The zero-order valence-electron chi connectivity index (χ0n) is 7.57. The molecule has 0 radical (unpaired) electrons. The Kier molecular flexibility index (Phi) is 2.86. The summed E-state index contributed by atoms with van der Waals surface area (Å²) in [6, 6.07) is 0. The lowest BCUT2D eigenvalue weighted by Crippen LogP contribution is -2.51. The predicted molar refractivity (Wildman–Crippen MR) is 55.4 cm³/mol. The van der Waals surface area contributed by atoms with Gasteiger partial charge >= 0.3 is 0 Å². The summed E-state index contributed by atoms with van der Waals surface area (Å²) >= 11 is 0. The first kappa shape index (κ1) is 9.91. The first-order valence-electron chi connectivity index (χ1n) is 3.64. The first-order valence-corrected chi connectivity index (χ1v) is 10.8. The third kappa shape index (κ3) is 1.70. The smallest absolute Gasteiger partial charge is 0.0888 e. The van der Waals surface area contributed by atoms with Gasteiger partial charge in [-0.15, -0.1) is 24.6 Å². The third-order valence-corrected chi connectivity index (χ3v) is 18.3. The third-order valence-electron chi connectivity index (χ3n) is 2.46. The van der Waals surface area contributed by atoms with Crippen molar-refractivity contribution in [3.63, 3.8) is 0 Å². The molecule has 0 aliphatic heterocycles. The van der Waals surface area contributed by atoms with Gasteiger partial charge in [-0.3, -0.25) is 0 Å². The van der Waals surface area contributed by atoms with Crippen LogP contribution in [0.3, 0.4) is 0 Å². The van der Waals surface area contributed by atoms with Crippen LogP contribution in [0.1, 0.15) is 0 Å². The van der Waals surface area contributed by atoms with E-state index in [2.05, 4.69) is 50.7 Å². The molecule has 0 nitrogen and oxygen atoms in total. The standard InChI is InChI=1S/C8H18Si2/c1-7-10(6,8-2)9(3,4)5/h7-8H,1-2H2,3-6H3. The van der Waals surface area contributed by atoms with E-state index in [-0.39, 0.29) is 0 Å². The fraction of sp³-hybridized carbons (Fsp3) is 0.500. The summed E-state index contributed by atoms with van der Waals surface area (Å²) in [5.41, 5.74) is 4.32. The highest BCUT2D eigenvalue weighted by Crippen LogP contribution is 2.20. The quantitative estimate of drug-likeness (QED) is 0.571. The summed E-state index contributed by atoms with van der Waals surface area (Å²) in [6.45, 7) is 17.3. The van der Waals surface area contributed by atoms with Gasteiger partial charge in [0, 0.05) is 7.59 Å². The molecule has 2 heteroatoms. The SMILES string of the molecule is C=C[Si](C)(C=C)[Si](C)(C)C. The zero-order valence-corrected chi connectivity index (χ0v) is 9.57. The summed E-state index contributed by atoms with van der Waals surface area (Å²) in [6.07, 6.45) is 0. The largest absolute Gasteiger partial charge is 0.107 e. The maximum absolute atomic E-state index is 3.90. The zero-order chi connectivity index (χ0) is 8.41. The molecule has 0 rings (SSSR count). The Bertz CT molecular complexity index is 134. The minimum Gasteiger partial charge on any atom is -0.107 e. The summed E-state index contributed by atoms with van der Waals surface area (Å²) in [7, 11) is -2.24. The number of rotatable bonds is 3. The molecule has 0 atom stereocenters. The Balaban J connectivity index is 4.65.